The largest absolute Gasteiger partial charge is 0.393 e. The van der Waals surface area contributed by atoms with Gasteiger partial charge in [0.15, 0.2) is 5.79 Å². The molecule has 0 aliphatic carbocycles. The summed E-state index contributed by atoms with van der Waals surface area (Å²) >= 11 is 0. The van der Waals surface area contributed by atoms with E-state index >= 15 is 0 Å². The minimum absolute atomic E-state index is 0.131. The Hall–Kier alpha value is -0.940. The van der Waals surface area contributed by atoms with Gasteiger partial charge < -0.3 is 20.1 Å². The molecule has 84 valence electrons. The Labute approximate surface area is 88.8 Å². The summed E-state index contributed by atoms with van der Waals surface area (Å²) in [5.74, 6) is -1.74. The number of methoxy groups -OCH3 is 1. The molecule has 4 heteroatoms. The van der Waals surface area contributed by atoms with Crippen molar-refractivity contribution < 1.29 is 20.1 Å². The molecule has 0 radical (unpaired) electrons. The Morgan fingerprint density at radius 1 is 1.33 bits per heavy atom. The van der Waals surface area contributed by atoms with Gasteiger partial charge in [0.1, 0.15) is 6.10 Å². The van der Waals surface area contributed by atoms with Gasteiger partial charge >= 0.3 is 0 Å². The van der Waals surface area contributed by atoms with Crippen LogP contribution in [0.2, 0.25) is 0 Å². The summed E-state index contributed by atoms with van der Waals surface area (Å²) < 4.78 is 4.84. The fourth-order valence-electron chi connectivity index (χ4n) is 1.36. The first-order valence-electron chi connectivity index (χ1n) is 4.73. The Morgan fingerprint density at radius 3 is 2.40 bits per heavy atom. The molecule has 0 aliphatic heterocycles. The Bertz CT molecular complexity index is 288. The second-order valence-corrected chi connectivity index (χ2v) is 3.41. The van der Waals surface area contributed by atoms with Gasteiger partial charge in [-0.25, -0.2) is 0 Å². The van der Waals surface area contributed by atoms with Gasteiger partial charge in [0.25, 0.3) is 0 Å². The second kappa shape index (κ2) is 5.23. The van der Waals surface area contributed by atoms with Crippen molar-refractivity contribution >= 4 is 0 Å². The molecule has 0 saturated carbocycles. The van der Waals surface area contributed by atoms with Crippen LogP contribution in [0.3, 0.4) is 0 Å². The first-order valence-corrected chi connectivity index (χ1v) is 4.73. The third kappa shape index (κ3) is 3.00. The van der Waals surface area contributed by atoms with Crippen LogP contribution in [0.5, 0.6) is 0 Å². The summed E-state index contributed by atoms with van der Waals surface area (Å²) in [5.41, 5.74) is 0.828. The van der Waals surface area contributed by atoms with E-state index < -0.39 is 18.5 Å². The van der Waals surface area contributed by atoms with Crippen LogP contribution in [0.1, 0.15) is 5.56 Å². The van der Waals surface area contributed by atoms with Crippen molar-refractivity contribution in [3.8, 4) is 0 Å². The summed E-state index contributed by atoms with van der Waals surface area (Å²) in [6.45, 7) is -0.544. The maximum atomic E-state index is 9.91. The number of benzene rings is 1. The van der Waals surface area contributed by atoms with Crippen molar-refractivity contribution in [2.45, 2.75) is 18.3 Å². The van der Waals surface area contributed by atoms with E-state index in [4.69, 9.17) is 9.84 Å². The van der Waals surface area contributed by atoms with Gasteiger partial charge in [0, 0.05) is 13.5 Å². The highest BCUT2D eigenvalue weighted by Crippen LogP contribution is 2.18. The molecule has 3 N–H and O–H groups in total. The minimum atomic E-state index is -1.74. The number of ether oxygens (including phenoxy) is 1. The molecule has 0 fully saturated rings. The fourth-order valence-corrected chi connectivity index (χ4v) is 1.36. The zero-order valence-electron chi connectivity index (χ0n) is 8.63. The van der Waals surface area contributed by atoms with Gasteiger partial charge in [-0.3, -0.25) is 0 Å². The molecule has 0 spiro atoms. The van der Waals surface area contributed by atoms with Gasteiger partial charge in [-0.05, 0) is 5.56 Å². The molecule has 0 bridgehead atoms. The molecule has 0 saturated heterocycles. The molecule has 1 rings (SSSR count). The smallest absolute Gasteiger partial charge is 0.198 e. The Balaban J connectivity index is 2.77. The van der Waals surface area contributed by atoms with Crippen molar-refractivity contribution in [3.63, 3.8) is 0 Å². The lowest BCUT2D eigenvalue weighted by Gasteiger charge is -2.30. The predicted octanol–water partition coefficient (Wildman–Crippen LogP) is -0.0827. The van der Waals surface area contributed by atoms with Gasteiger partial charge in [-0.2, -0.15) is 0 Å². The lowest BCUT2D eigenvalue weighted by molar-refractivity contribution is -0.248. The summed E-state index contributed by atoms with van der Waals surface area (Å²) in [5, 5.41) is 28.1. The van der Waals surface area contributed by atoms with Crippen LogP contribution in [0.4, 0.5) is 0 Å². The maximum absolute atomic E-state index is 9.91. The van der Waals surface area contributed by atoms with Gasteiger partial charge in [-0.15, -0.1) is 0 Å². The lowest BCUT2D eigenvalue weighted by Crippen LogP contribution is -2.48. The molecule has 0 amide bonds. The number of aliphatic hydroxyl groups is 3. The van der Waals surface area contributed by atoms with Crippen LogP contribution in [0, 0.1) is 0 Å². The average Bonchev–Trinajstić information content (AvgIpc) is 2.29. The third-order valence-electron chi connectivity index (χ3n) is 2.35. The van der Waals surface area contributed by atoms with E-state index in [1.54, 1.807) is 0 Å². The standard InChI is InChI=1S/C11H16O4/c1-15-11(14,10(13)8-12)7-9-5-3-2-4-6-9/h2-6,10,12-14H,7-8H2,1H3. The molecule has 15 heavy (non-hydrogen) atoms. The van der Waals surface area contributed by atoms with E-state index in [9.17, 15) is 10.2 Å². The van der Waals surface area contributed by atoms with Gasteiger partial charge in [0.2, 0.25) is 0 Å². The third-order valence-corrected chi connectivity index (χ3v) is 2.35. The van der Waals surface area contributed by atoms with Crippen molar-refractivity contribution in [2.24, 2.45) is 0 Å². The number of hydrogen-bond donors (Lipinski definition) is 3. The van der Waals surface area contributed by atoms with Crippen LogP contribution < -0.4 is 0 Å². The van der Waals surface area contributed by atoms with Crippen molar-refractivity contribution in [1.29, 1.82) is 0 Å². The molecule has 0 heterocycles. The van der Waals surface area contributed by atoms with E-state index in [-0.39, 0.29) is 6.42 Å². The molecular weight excluding hydrogens is 196 g/mol. The van der Waals surface area contributed by atoms with Gasteiger partial charge in [0.05, 0.1) is 6.61 Å². The lowest BCUT2D eigenvalue weighted by atomic mass is 10.0. The molecule has 1 aromatic carbocycles. The first kappa shape index (κ1) is 12.1. The van der Waals surface area contributed by atoms with E-state index in [0.717, 1.165) is 5.56 Å². The molecule has 0 aromatic heterocycles. The molecular formula is C11H16O4. The summed E-state index contributed by atoms with van der Waals surface area (Å²) in [4.78, 5) is 0. The fraction of sp³-hybridized carbons (Fsp3) is 0.455. The minimum Gasteiger partial charge on any atom is -0.393 e. The highest BCUT2D eigenvalue weighted by atomic mass is 16.6. The highest BCUT2D eigenvalue weighted by molar-refractivity contribution is 5.16. The van der Waals surface area contributed by atoms with E-state index in [2.05, 4.69) is 0 Å². The molecule has 1 aromatic rings. The number of aliphatic hydroxyl groups excluding tert-OH is 2. The highest BCUT2D eigenvalue weighted by Gasteiger charge is 2.35. The Morgan fingerprint density at radius 2 is 1.93 bits per heavy atom. The predicted molar refractivity (Wildman–Crippen MR) is 55.2 cm³/mol. The first-order chi connectivity index (χ1) is 7.12. The Kier molecular flexibility index (Phi) is 4.23. The summed E-state index contributed by atoms with van der Waals surface area (Å²) in [6.07, 6.45) is -1.19. The van der Waals surface area contributed by atoms with Crippen LogP contribution in [-0.4, -0.2) is 40.9 Å². The van der Waals surface area contributed by atoms with Crippen LogP contribution >= 0.6 is 0 Å². The van der Waals surface area contributed by atoms with Crippen LogP contribution in [-0.2, 0) is 11.2 Å². The number of rotatable bonds is 5. The van der Waals surface area contributed by atoms with Gasteiger partial charge in [-0.1, -0.05) is 30.3 Å². The molecule has 0 aliphatic rings. The topological polar surface area (TPSA) is 69.9 Å². The average molecular weight is 212 g/mol. The summed E-state index contributed by atoms with van der Waals surface area (Å²) in [7, 11) is 1.29. The summed E-state index contributed by atoms with van der Waals surface area (Å²) in [6, 6.07) is 9.15. The van der Waals surface area contributed by atoms with E-state index in [1.165, 1.54) is 7.11 Å². The second-order valence-electron chi connectivity index (χ2n) is 3.41. The van der Waals surface area contributed by atoms with E-state index in [0.29, 0.717) is 0 Å². The molecule has 2 unspecified atom stereocenters. The number of hydrogen-bond acceptors (Lipinski definition) is 4. The van der Waals surface area contributed by atoms with Crippen molar-refractivity contribution in [2.75, 3.05) is 13.7 Å². The normalized spacial score (nSPS) is 17.1. The maximum Gasteiger partial charge on any atom is 0.198 e. The van der Waals surface area contributed by atoms with Crippen LogP contribution in [0.15, 0.2) is 30.3 Å². The zero-order valence-corrected chi connectivity index (χ0v) is 8.63. The zero-order chi connectivity index (χ0) is 11.3. The van der Waals surface area contributed by atoms with Crippen LogP contribution in [0.25, 0.3) is 0 Å². The molecule has 4 nitrogen and oxygen atoms in total. The quantitative estimate of drug-likeness (QED) is 0.597. The molecule has 2 atom stereocenters. The SMILES string of the molecule is COC(O)(Cc1ccccc1)C(O)CO. The van der Waals surface area contributed by atoms with Crippen molar-refractivity contribution in [3.05, 3.63) is 35.9 Å². The van der Waals surface area contributed by atoms with E-state index in [1.807, 2.05) is 30.3 Å². The van der Waals surface area contributed by atoms with Crippen molar-refractivity contribution in [1.82, 2.24) is 0 Å². The monoisotopic (exact) mass is 212 g/mol.